The number of nitriles is 1. The minimum Gasteiger partial charge on any atom is -0.277 e. The van der Waals surface area contributed by atoms with Crippen molar-refractivity contribution in [3.8, 4) is 6.07 Å². The van der Waals surface area contributed by atoms with E-state index in [0.717, 1.165) is 5.65 Å². The van der Waals surface area contributed by atoms with Gasteiger partial charge in [0.05, 0.1) is 11.6 Å². The van der Waals surface area contributed by atoms with Gasteiger partial charge in [0.2, 0.25) is 0 Å². The molecular formula is C14H9FN4S. The van der Waals surface area contributed by atoms with Crippen LogP contribution in [0.3, 0.4) is 0 Å². The number of fused-ring (bicyclic) bond motifs is 1. The maximum absolute atomic E-state index is 13.8. The van der Waals surface area contributed by atoms with E-state index in [-0.39, 0.29) is 5.82 Å². The summed E-state index contributed by atoms with van der Waals surface area (Å²) in [6.07, 6.45) is 1.87. The van der Waals surface area contributed by atoms with Crippen molar-refractivity contribution in [2.24, 2.45) is 0 Å². The molecule has 0 saturated heterocycles. The molecule has 3 rings (SSSR count). The second-order valence-electron chi connectivity index (χ2n) is 4.12. The van der Waals surface area contributed by atoms with Gasteiger partial charge in [0.25, 0.3) is 0 Å². The van der Waals surface area contributed by atoms with E-state index in [1.54, 1.807) is 12.1 Å². The molecule has 20 heavy (non-hydrogen) atoms. The molecule has 0 bridgehead atoms. The maximum Gasteiger partial charge on any atom is 0.195 e. The van der Waals surface area contributed by atoms with Crippen molar-refractivity contribution in [2.45, 2.75) is 10.9 Å². The normalized spacial score (nSPS) is 10.6. The largest absolute Gasteiger partial charge is 0.277 e. The molecule has 3 aromatic rings. The van der Waals surface area contributed by atoms with Crippen LogP contribution in [0.4, 0.5) is 4.39 Å². The van der Waals surface area contributed by atoms with Gasteiger partial charge in [-0.05, 0) is 29.8 Å². The predicted octanol–water partition coefficient (Wildman–Crippen LogP) is 3.03. The molecule has 2 heterocycles. The number of benzene rings is 1. The smallest absolute Gasteiger partial charge is 0.195 e. The first-order valence-corrected chi connectivity index (χ1v) is 6.87. The highest BCUT2D eigenvalue weighted by Gasteiger charge is 2.08. The Morgan fingerprint density at radius 2 is 2.15 bits per heavy atom. The average Bonchev–Trinajstić information content (AvgIpc) is 2.89. The number of hydrogen-bond acceptors (Lipinski definition) is 4. The van der Waals surface area contributed by atoms with Gasteiger partial charge in [0.1, 0.15) is 5.82 Å². The molecular weight excluding hydrogens is 275 g/mol. The molecule has 0 unspecified atom stereocenters. The van der Waals surface area contributed by atoms with Crippen molar-refractivity contribution < 1.29 is 4.39 Å². The lowest BCUT2D eigenvalue weighted by atomic mass is 10.1. The van der Waals surface area contributed by atoms with Gasteiger partial charge < -0.3 is 0 Å². The van der Waals surface area contributed by atoms with Gasteiger partial charge in [-0.2, -0.15) is 5.26 Å². The van der Waals surface area contributed by atoms with Crippen molar-refractivity contribution in [3.63, 3.8) is 0 Å². The zero-order chi connectivity index (χ0) is 13.9. The summed E-state index contributed by atoms with van der Waals surface area (Å²) in [4.78, 5) is 0. The van der Waals surface area contributed by atoms with E-state index in [9.17, 15) is 4.39 Å². The number of thioether (sulfide) groups is 1. The Morgan fingerprint density at radius 3 is 2.95 bits per heavy atom. The van der Waals surface area contributed by atoms with E-state index >= 15 is 0 Å². The van der Waals surface area contributed by atoms with Crippen molar-refractivity contribution in [2.75, 3.05) is 0 Å². The topological polar surface area (TPSA) is 54.0 Å². The molecule has 2 aromatic heterocycles. The van der Waals surface area contributed by atoms with E-state index in [2.05, 4.69) is 10.2 Å². The minimum absolute atomic E-state index is 0.323. The molecule has 0 atom stereocenters. The van der Waals surface area contributed by atoms with Gasteiger partial charge in [0, 0.05) is 11.9 Å². The van der Waals surface area contributed by atoms with Crippen LogP contribution in [0.15, 0.2) is 47.8 Å². The summed E-state index contributed by atoms with van der Waals surface area (Å²) >= 11 is 1.40. The van der Waals surface area contributed by atoms with Crippen LogP contribution in [-0.4, -0.2) is 14.6 Å². The van der Waals surface area contributed by atoms with Crippen LogP contribution in [0, 0.1) is 17.1 Å². The summed E-state index contributed by atoms with van der Waals surface area (Å²) in [5.41, 5.74) is 1.63. The summed E-state index contributed by atoms with van der Waals surface area (Å²) in [5, 5.41) is 17.5. The molecule has 4 nitrogen and oxygen atoms in total. The molecule has 1 aromatic carbocycles. The van der Waals surface area contributed by atoms with Crippen LogP contribution < -0.4 is 0 Å². The predicted molar refractivity (Wildman–Crippen MR) is 73.7 cm³/mol. The van der Waals surface area contributed by atoms with Gasteiger partial charge in [-0.25, -0.2) is 4.39 Å². The first-order valence-electron chi connectivity index (χ1n) is 5.89. The molecule has 0 spiro atoms. The second-order valence-corrected chi connectivity index (χ2v) is 5.06. The third-order valence-corrected chi connectivity index (χ3v) is 3.81. The standard InChI is InChI=1S/C14H9FN4S/c15-12-7-10(8-16)4-5-11(12)9-20-14-18-17-13-3-1-2-6-19(13)14/h1-7H,9H2. The van der Waals surface area contributed by atoms with Gasteiger partial charge in [-0.3, -0.25) is 4.40 Å². The van der Waals surface area contributed by atoms with E-state index in [4.69, 9.17) is 5.26 Å². The molecule has 0 N–H and O–H groups in total. The Balaban J connectivity index is 1.81. The van der Waals surface area contributed by atoms with Crippen molar-refractivity contribution in [1.29, 1.82) is 5.26 Å². The lowest BCUT2D eigenvalue weighted by molar-refractivity contribution is 0.616. The minimum atomic E-state index is -0.370. The lowest BCUT2D eigenvalue weighted by Crippen LogP contribution is -1.91. The van der Waals surface area contributed by atoms with Crippen molar-refractivity contribution in [1.82, 2.24) is 14.6 Å². The number of pyridine rings is 1. The highest BCUT2D eigenvalue weighted by atomic mass is 32.2. The van der Waals surface area contributed by atoms with Crippen LogP contribution in [0.5, 0.6) is 0 Å². The summed E-state index contributed by atoms with van der Waals surface area (Å²) in [7, 11) is 0. The van der Waals surface area contributed by atoms with Crippen molar-refractivity contribution >= 4 is 17.4 Å². The lowest BCUT2D eigenvalue weighted by Gasteiger charge is -2.02. The van der Waals surface area contributed by atoms with Gasteiger partial charge in [0.15, 0.2) is 10.8 Å². The van der Waals surface area contributed by atoms with E-state index in [0.29, 0.717) is 22.0 Å². The fraction of sp³-hybridized carbons (Fsp3) is 0.0714. The molecule has 0 saturated carbocycles. The van der Waals surface area contributed by atoms with Crippen LogP contribution in [-0.2, 0) is 5.75 Å². The van der Waals surface area contributed by atoms with Crippen LogP contribution >= 0.6 is 11.8 Å². The average molecular weight is 284 g/mol. The van der Waals surface area contributed by atoms with Gasteiger partial charge >= 0.3 is 0 Å². The van der Waals surface area contributed by atoms with E-state index in [1.165, 1.54) is 17.8 Å². The summed E-state index contributed by atoms with van der Waals surface area (Å²) in [5.74, 6) is 0.0677. The Morgan fingerprint density at radius 1 is 1.25 bits per heavy atom. The van der Waals surface area contributed by atoms with Crippen LogP contribution in [0.1, 0.15) is 11.1 Å². The summed E-state index contributed by atoms with van der Waals surface area (Å²) in [6, 6.07) is 12.0. The maximum atomic E-state index is 13.8. The Bertz CT molecular complexity index is 806. The zero-order valence-corrected chi connectivity index (χ0v) is 11.1. The van der Waals surface area contributed by atoms with E-state index < -0.39 is 0 Å². The van der Waals surface area contributed by atoms with Gasteiger partial charge in [-0.1, -0.05) is 23.9 Å². The van der Waals surface area contributed by atoms with Crippen LogP contribution in [0.2, 0.25) is 0 Å². The number of nitrogens with zero attached hydrogens (tertiary/aromatic N) is 4. The Hall–Kier alpha value is -2.39. The molecule has 98 valence electrons. The van der Waals surface area contributed by atoms with Crippen LogP contribution in [0.25, 0.3) is 5.65 Å². The number of aromatic nitrogens is 3. The SMILES string of the molecule is N#Cc1ccc(CSc2nnc3ccccn23)c(F)c1. The molecule has 6 heteroatoms. The highest BCUT2D eigenvalue weighted by Crippen LogP contribution is 2.23. The molecule has 0 amide bonds. The first kappa shape index (κ1) is 12.6. The number of rotatable bonds is 3. The first-order chi connectivity index (χ1) is 9.78. The third-order valence-electron chi connectivity index (χ3n) is 2.82. The summed E-state index contributed by atoms with van der Waals surface area (Å²) < 4.78 is 15.6. The third kappa shape index (κ3) is 2.36. The quantitative estimate of drug-likeness (QED) is 0.694. The fourth-order valence-corrected chi connectivity index (χ4v) is 2.70. The second kappa shape index (κ2) is 5.31. The molecule has 0 aliphatic carbocycles. The fourth-order valence-electron chi connectivity index (χ4n) is 1.79. The Kier molecular flexibility index (Phi) is 3.35. The molecule has 0 fully saturated rings. The number of hydrogen-bond donors (Lipinski definition) is 0. The van der Waals surface area contributed by atoms with Gasteiger partial charge in [-0.15, -0.1) is 10.2 Å². The highest BCUT2D eigenvalue weighted by molar-refractivity contribution is 7.98. The molecule has 0 aliphatic heterocycles. The van der Waals surface area contributed by atoms with Crippen molar-refractivity contribution in [3.05, 3.63) is 59.5 Å². The van der Waals surface area contributed by atoms with E-state index in [1.807, 2.05) is 34.9 Å². The Labute approximate surface area is 118 Å². The summed E-state index contributed by atoms with van der Waals surface area (Å²) in [6.45, 7) is 0. The zero-order valence-electron chi connectivity index (χ0n) is 10.3. The molecule has 0 aliphatic rings. The monoisotopic (exact) mass is 284 g/mol. The number of halogens is 1. The molecule has 0 radical (unpaired) electrons.